The predicted molar refractivity (Wildman–Crippen MR) is 186 cm³/mol. The lowest BCUT2D eigenvalue weighted by atomic mass is 9.87. The normalized spacial score (nSPS) is 36.4. The summed E-state index contributed by atoms with van der Waals surface area (Å²) in [6.07, 6.45) is -30.2. The maximum atomic E-state index is 13.1. The Labute approximate surface area is 336 Å². The topological polar surface area (TPSA) is 453 Å². The van der Waals surface area contributed by atoms with Crippen LogP contribution < -0.4 is 10.1 Å². The van der Waals surface area contributed by atoms with E-state index in [0.29, 0.717) is 0 Å². The van der Waals surface area contributed by atoms with Gasteiger partial charge in [-0.05, 0) is 17.7 Å². The van der Waals surface area contributed by atoms with Crippen molar-refractivity contribution in [1.29, 1.82) is 0 Å². The highest BCUT2D eigenvalue weighted by molar-refractivity contribution is 5.77. The summed E-state index contributed by atoms with van der Waals surface area (Å²) in [6.45, 7) is -2.62. The molecular weight excluding hydrogens is 822 g/mol. The van der Waals surface area contributed by atoms with E-state index in [9.17, 15) is 85.8 Å². The Bertz CT molecular complexity index is 1720. The molecule has 4 unspecified atom stereocenters. The van der Waals surface area contributed by atoms with Gasteiger partial charge in [-0.1, -0.05) is 5.11 Å². The summed E-state index contributed by atoms with van der Waals surface area (Å²) in [5.41, 5.74) is 8.67. The molecule has 336 valence electrons. The molecule has 0 aromatic heterocycles. The number of aliphatic hydroxyl groups is 10. The van der Waals surface area contributed by atoms with E-state index in [0.717, 1.165) is 31.2 Å². The third-order valence-corrected chi connectivity index (χ3v) is 9.92. The quantitative estimate of drug-likeness (QED) is 0.0215. The molecule has 3 aliphatic heterocycles. The summed E-state index contributed by atoms with van der Waals surface area (Å²) >= 11 is 0. The van der Waals surface area contributed by atoms with Gasteiger partial charge in [-0.25, -0.2) is 9.59 Å². The number of aliphatic carboxylic acids is 2. The van der Waals surface area contributed by atoms with Crippen molar-refractivity contribution in [3.05, 3.63) is 44.8 Å². The van der Waals surface area contributed by atoms with Gasteiger partial charge in [-0.2, -0.15) is 0 Å². The number of carboxylic acids is 2. The Kier molecular flexibility index (Phi) is 16.0. The molecule has 1 amide bonds. The molecule has 60 heavy (non-hydrogen) atoms. The first kappa shape index (κ1) is 48.2. The average Bonchev–Trinajstić information content (AvgIpc) is 3.20. The summed E-state index contributed by atoms with van der Waals surface area (Å²) in [6, 6.07) is 0.582. The lowest BCUT2D eigenvalue weighted by Gasteiger charge is -2.50. The Morgan fingerprint density at radius 2 is 1.55 bits per heavy atom. The second kappa shape index (κ2) is 19.9. The highest BCUT2D eigenvalue weighted by Gasteiger charge is 2.61. The van der Waals surface area contributed by atoms with Gasteiger partial charge in [0.25, 0.3) is 17.3 Å². The zero-order valence-electron chi connectivity index (χ0n) is 31.2. The minimum absolute atomic E-state index is 0.155. The minimum atomic E-state index is -3.25. The van der Waals surface area contributed by atoms with Crippen molar-refractivity contribution in [2.45, 2.75) is 123 Å². The van der Waals surface area contributed by atoms with Crippen molar-refractivity contribution in [1.82, 2.24) is 5.32 Å². The number of benzene rings is 1. The fourth-order valence-electron chi connectivity index (χ4n) is 6.90. The molecule has 13 N–H and O–H groups in total. The fourth-order valence-corrected chi connectivity index (χ4v) is 6.90. The molecule has 3 saturated heterocycles. The number of hydrogen-bond donors (Lipinski definition) is 13. The summed E-state index contributed by atoms with van der Waals surface area (Å²) in [4.78, 5) is 50.9. The number of nitro benzene ring substituents is 1. The first-order valence-electron chi connectivity index (χ1n) is 17.8. The number of aliphatic hydroxyl groups excluding tert-OH is 10. The Balaban J connectivity index is 1.71. The summed E-state index contributed by atoms with van der Waals surface area (Å²) in [5, 5.41) is 144. The summed E-state index contributed by atoms with van der Waals surface area (Å²) in [5.74, 6) is -11.8. The van der Waals surface area contributed by atoms with Gasteiger partial charge in [0.1, 0.15) is 66.8 Å². The molecule has 3 fully saturated rings. The number of nitrogens with one attached hydrogen (secondary N) is 1. The molecule has 0 bridgehead atoms. The van der Waals surface area contributed by atoms with Crippen LogP contribution in [0.15, 0.2) is 29.4 Å². The second-order valence-corrected chi connectivity index (χ2v) is 14.0. The van der Waals surface area contributed by atoms with E-state index in [2.05, 4.69) is 15.3 Å². The lowest BCUT2D eigenvalue weighted by molar-refractivity contribution is -0.384. The number of hydrogen-bond acceptors (Lipinski definition) is 22. The van der Waals surface area contributed by atoms with Gasteiger partial charge in [-0.3, -0.25) is 14.9 Å². The van der Waals surface area contributed by atoms with Crippen molar-refractivity contribution in [3.63, 3.8) is 0 Å². The van der Waals surface area contributed by atoms with Crippen molar-refractivity contribution < 1.29 is 109 Å². The maximum Gasteiger partial charge on any atom is 0.364 e. The third kappa shape index (κ3) is 10.2. The fraction of sp³-hybridized carbons (Fsp3) is 0.719. The molecule has 0 radical (unpaired) electrons. The van der Waals surface area contributed by atoms with Gasteiger partial charge in [-0.15, -0.1) is 0 Å². The van der Waals surface area contributed by atoms with Gasteiger partial charge < -0.3 is 95.0 Å². The number of rotatable bonds is 18. The van der Waals surface area contributed by atoms with Gasteiger partial charge in [0.15, 0.2) is 0 Å². The number of amides is 1. The predicted octanol–water partition coefficient (Wildman–Crippen LogP) is -5.70. The van der Waals surface area contributed by atoms with Crippen molar-refractivity contribution in [2.24, 2.45) is 5.11 Å². The maximum absolute atomic E-state index is 13.1. The minimum Gasteiger partial charge on any atom is -0.477 e. The Morgan fingerprint density at radius 3 is 2.07 bits per heavy atom. The van der Waals surface area contributed by atoms with E-state index >= 15 is 0 Å². The van der Waals surface area contributed by atoms with Gasteiger partial charge in [0.2, 0.25) is 12.2 Å². The number of carbonyl (C=O) groups is 3. The first-order chi connectivity index (χ1) is 28.2. The van der Waals surface area contributed by atoms with E-state index < -0.39 is 159 Å². The van der Waals surface area contributed by atoms with E-state index in [1.54, 1.807) is 0 Å². The van der Waals surface area contributed by atoms with E-state index in [4.69, 9.17) is 34.0 Å². The molecule has 0 saturated carbocycles. The molecule has 0 aliphatic carbocycles. The third-order valence-electron chi connectivity index (χ3n) is 9.92. The van der Waals surface area contributed by atoms with Crippen molar-refractivity contribution >= 4 is 23.5 Å². The van der Waals surface area contributed by atoms with E-state index in [1.165, 1.54) is 0 Å². The molecule has 28 nitrogen and oxygen atoms in total. The average molecular weight is 868 g/mol. The van der Waals surface area contributed by atoms with Crippen molar-refractivity contribution in [3.8, 4) is 5.75 Å². The molecule has 28 heteroatoms. The first-order valence-corrected chi connectivity index (χ1v) is 17.8. The van der Waals surface area contributed by atoms with Crippen LogP contribution in [0, 0.1) is 10.1 Å². The van der Waals surface area contributed by atoms with Gasteiger partial charge >= 0.3 is 11.9 Å². The molecule has 3 aliphatic rings. The zero-order valence-corrected chi connectivity index (χ0v) is 31.2. The van der Waals surface area contributed by atoms with Crippen LogP contribution in [0.4, 0.5) is 5.69 Å². The summed E-state index contributed by atoms with van der Waals surface area (Å²) < 4.78 is 33.3. The van der Waals surface area contributed by atoms with Crippen LogP contribution >= 0.6 is 0 Å². The van der Waals surface area contributed by atoms with Crippen molar-refractivity contribution in [2.75, 3.05) is 19.8 Å². The number of azide groups is 1. The smallest absolute Gasteiger partial charge is 0.364 e. The summed E-state index contributed by atoms with van der Waals surface area (Å²) in [7, 11) is 0. The lowest BCUT2D eigenvalue weighted by Crippen LogP contribution is -2.71. The molecule has 1 aromatic carbocycles. The SMILES string of the molecule is CC(=O)N[C@@H]1[C@@H](O)C[C@](O[C@H]2[C@@H](O)[C@@H](CO)O[C@@H](Oc3ccc([N+](=O)[O-])cc3)[C@@H]2O)(C(=O)O)O[C@H]1C(O)C(CO)O[C@]1(C(=O)O)C[C@H](O)[C@@H](N=[N+]=[N-])[C@H](C(O)C(O)CO)O1. The van der Waals surface area contributed by atoms with Gasteiger partial charge in [0, 0.05) is 36.8 Å². The van der Waals surface area contributed by atoms with Gasteiger partial charge in [0.05, 0.1) is 49.0 Å². The number of carboxylic acid groups (broad SMARTS) is 2. The number of ether oxygens (including phenoxy) is 6. The van der Waals surface area contributed by atoms with Crippen LogP contribution in [0.5, 0.6) is 5.75 Å². The standard InChI is InChI=1S/C32H45N5O23/c1-11(41)34-19-14(42)6-32(30(51)52,60-27-22(46)17(9-39)56-28(24(27)48)55-13-4-2-12(3-5-13)37(53)54)58-25(19)23(47)18(10-40)57-31(29(49)50)7-15(43)20(35-36-33)26(59-31)21(45)16(44)8-38/h2-5,14-28,38-40,42-48H,6-10H2,1H3,(H,34,41)(H,49,50)(H,51,52)/t14-,15-,16?,17+,18?,19+,20+,21?,22-,23?,24+,25+,26+,27-,28+,31+,32-/m0/s1. The van der Waals surface area contributed by atoms with Crippen LogP contribution in [0.1, 0.15) is 19.8 Å². The number of non-ortho nitro benzene ring substituents is 1. The molecule has 0 spiro atoms. The highest BCUT2D eigenvalue weighted by Crippen LogP contribution is 2.40. The molecule has 1 aromatic rings. The monoisotopic (exact) mass is 867 g/mol. The zero-order chi connectivity index (χ0) is 44.9. The largest absolute Gasteiger partial charge is 0.477 e. The Hall–Kier alpha value is -4.46. The molecule has 4 rings (SSSR count). The number of nitro groups is 1. The van der Waals surface area contributed by atoms with E-state index in [1.807, 2.05) is 0 Å². The number of carbonyl (C=O) groups excluding carboxylic acids is 1. The highest BCUT2D eigenvalue weighted by atomic mass is 16.8. The molecular formula is C32H45N5O23. The second-order valence-electron chi connectivity index (χ2n) is 14.0. The van der Waals surface area contributed by atoms with Crippen LogP contribution in [0.25, 0.3) is 10.4 Å². The molecule has 3 heterocycles. The Morgan fingerprint density at radius 1 is 0.950 bits per heavy atom. The number of nitrogens with zero attached hydrogens (tertiary/aromatic N) is 4. The van der Waals surface area contributed by atoms with Crippen LogP contribution in [-0.4, -0.2) is 207 Å². The van der Waals surface area contributed by atoms with Crippen LogP contribution in [0.2, 0.25) is 0 Å². The van der Waals surface area contributed by atoms with Crippen LogP contribution in [-0.2, 0) is 38.1 Å². The van der Waals surface area contributed by atoms with E-state index in [-0.39, 0.29) is 11.4 Å². The molecule has 17 atom stereocenters. The van der Waals surface area contributed by atoms with Crippen LogP contribution in [0.3, 0.4) is 0 Å².